The predicted octanol–water partition coefficient (Wildman–Crippen LogP) is 5.73. The van der Waals surface area contributed by atoms with Crippen LogP contribution in [0.2, 0.25) is 0 Å². The van der Waals surface area contributed by atoms with Gasteiger partial charge in [-0.2, -0.15) is 39.5 Å². The van der Waals surface area contributed by atoms with E-state index in [1.807, 2.05) is 0 Å². The summed E-state index contributed by atoms with van der Waals surface area (Å²) in [5.41, 5.74) is 0.677. The van der Waals surface area contributed by atoms with Crippen molar-refractivity contribution in [2.24, 2.45) is 0 Å². The second-order valence-corrected chi connectivity index (χ2v) is 4.80. The van der Waals surface area contributed by atoms with Crippen LogP contribution in [-0.4, -0.2) is 23.9 Å². The Balaban J connectivity index is 2.94. The largest absolute Gasteiger partial charge is 0.460 e. The molecular weight excluding hydrogens is 339 g/mol. The van der Waals surface area contributed by atoms with E-state index in [1.54, 1.807) is 0 Å². The molecule has 23 heavy (non-hydrogen) atoms. The summed E-state index contributed by atoms with van der Waals surface area (Å²) in [6.07, 6.45) is -8.03. The third-order valence-electron chi connectivity index (χ3n) is 3.15. The van der Waals surface area contributed by atoms with Gasteiger partial charge in [-0.1, -0.05) is 36.9 Å². The van der Waals surface area contributed by atoms with E-state index in [4.69, 9.17) is 0 Å². The van der Waals surface area contributed by atoms with Crippen molar-refractivity contribution in [2.75, 3.05) is 0 Å². The molecule has 0 unspecified atom stereocenters. The molecule has 1 aromatic rings. The molecule has 0 spiro atoms. The van der Waals surface area contributed by atoms with E-state index >= 15 is 0 Å². The van der Waals surface area contributed by atoms with Crippen LogP contribution < -0.4 is 0 Å². The average molecular weight is 350 g/mol. The minimum Gasteiger partial charge on any atom is -0.200 e. The molecule has 0 bridgehead atoms. The van der Waals surface area contributed by atoms with Crippen molar-refractivity contribution in [1.29, 1.82) is 0 Å². The van der Waals surface area contributed by atoms with E-state index in [-0.39, 0.29) is 5.56 Å². The second kappa shape index (κ2) is 6.09. The van der Waals surface area contributed by atoms with Crippen LogP contribution in [0, 0.1) is 0 Å². The molecule has 0 aliphatic carbocycles. The van der Waals surface area contributed by atoms with E-state index in [0.29, 0.717) is 5.56 Å². The van der Waals surface area contributed by atoms with Gasteiger partial charge in [0, 0.05) is 6.42 Å². The molecule has 0 nitrogen and oxygen atoms in total. The monoisotopic (exact) mass is 350 g/mol. The van der Waals surface area contributed by atoms with Crippen LogP contribution in [0.15, 0.2) is 30.8 Å². The topological polar surface area (TPSA) is 0 Å². The molecule has 1 aromatic carbocycles. The van der Waals surface area contributed by atoms with Gasteiger partial charge < -0.3 is 0 Å². The van der Waals surface area contributed by atoms with Crippen molar-refractivity contribution in [1.82, 2.24) is 0 Å². The van der Waals surface area contributed by atoms with Crippen LogP contribution in [0.1, 0.15) is 17.5 Å². The van der Waals surface area contributed by atoms with Crippen molar-refractivity contribution >= 4 is 6.08 Å². The Morgan fingerprint density at radius 1 is 0.783 bits per heavy atom. The third kappa shape index (κ3) is 3.64. The van der Waals surface area contributed by atoms with Gasteiger partial charge in [0.25, 0.3) is 0 Å². The van der Waals surface area contributed by atoms with E-state index in [2.05, 4.69) is 6.58 Å². The minimum absolute atomic E-state index is 0.0846. The number of hydrogen-bond donors (Lipinski definition) is 0. The summed E-state index contributed by atoms with van der Waals surface area (Å²) in [6.45, 7) is 3.42. The Kier molecular flexibility index (Phi) is 5.13. The normalized spacial score (nSPS) is 14.0. The minimum atomic E-state index is -6.84. The zero-order valence-electron chi connectivity index (χ0n) is 11.4. The number of halogens is 9. The lowest BCUT2D eigenvalue weighted by molar-refractivity contribution is -0.396. The highest BCUT2D eigenvalue weighted by Gasteiger charge is 2.81. The molecule has 130 valence electrons. The number of hydrogen-bond acceptors (Lipinski definition) is 0. The lowest BCUT2D eigenvalue weighted by Crippen LogP contribution is -2.60. The molecule has 0 N–H and O–H groups in total. The molecule has 0 saturated heterocycles. The van der Waals surface area contributed by atoms with Crippen LogP contribution in [0.25, 0.3) is 6.08 Å². The van der Waals surface area contributed by atoms with Crippen molar-refractivity contribution < 1.29 is 39.5 Å². The highest BCUT2D eigenvalue weighted by molar-refractivity contribution is 5.47. The molecule has 9 heteroatoms. The van der Waals surface area contributed by atoms with Crippen LogP contribution in [0.5, 0.6) is 0 Å². The van der Waals surface area contributed by atoms with E-state index in [0.717, 1.165) is 0 Å². The lowest BCUT2D eigenvalue weighted by Gasteiger charge is -2.33. The SMILES string of the molecule is C=Cc1ccc(CCC(F)(F)C(F)(F)C(F)(F)C(F)(F)F)cc1. The fourth-order valence-corrected chi connectivity index (χ4v) is 1.69. The maximum absolute atomic E-state index is 13.3. The summed E-state index contributed by atoms with van der Waals surface area (Å²) >= 11 is 0. The number of aryl methyl sites for hydroxylation is 1. The fourth-order valence-electron chi connectivity index (χ4n) is 1.69. The molecule has 1 rings (SSSR count). The van der Waals surface area contributed by atoms with E-state index in [9.17, 15) is 39.5 Å². The summed E-state index contributed by atoms with van der Waals surface area (Å²) in [7, 11) is 0. The smallest absolute Gasteiger partial charge is 0.200 e. The standard InChI is InChI=1S/C14H11F9/c1-2-9-3-5-10(6-4-9)7-8-11(15,16)12(17,18)13(19,20)14(21,22)23/h2-6H,1,7-8H2. The first-order chi connectivity index (χ1) is 10.3. The maximum atomic E-state index is 13.3. The van der Waals surface area contributed by atoms with Gasteiger partial charge in [-0.3, -0.25) is 0 Å². The Hall–Kier alpha value is -1.67. The molecular formula is C14H11F9. The molecule has 0 atom stereocenters. The highest BCUT2D eigenvalue weighted by Crippen LogP contribution is 2.54. The Morgan fingerprint density at radius 3 is 1.65 bits per heavy atom. The van der Waals surface area contributed by atoms with Crippen LogP contribution >= 0.6 is 0 Å². The zero-order chi connectivity index (χ0) is 18.1. The summed E-state index contributed by atoms with van der Waals surface area (Å²) < 4.78 is 114. The molecule has 0 fully saturated rings. The van der Waals surface area contributed by atoms with Gasteiger partial charge in [-0.25, -0.2) is 0 Å². The molecule has 0 amide bonds. The Morgan fingerprint density at radius 2 is 1.26 bits per heavy atom. The Bertz CT molecular complexity index is 540. The zero-order valence-corrected chi connectivity index (χ0v) is 11.4. The van der Waals surface area contributed by atoms with Gasteiger partial charge in [0.2, 0.25) is 0 Å². The van der Waals surface area contributed by atoms with E-state index in [1.165, 1.54) is 30.3 Å². The fraction of sp³-hybridized carbons (Fsp3) is 0.429. The molecule has 0 radical (unpaired) electrons. The number of rotatable bonds is 6. The van der Waals surface area contributed by atoms with Crippen molar-refractivity contribution in [2.45, 2.75) is 36.8 Å². The van der Waals surface area contributed by atoms with Crippen LogP contribution in [-0.2, 0) is 6.42 Å². The molecule has 0 aromatic heterocycles. The van der Waals surface area contributed by atoms with Crippen LogP contribution in [0.4, 0.5) is 39.5 Å². The second-order valence-electron chi connectivity index (χ2n) is 4.80. The van der Waals surface area contributed by atoms with Crippen LogP contribution in [0.3, 0.4) is 0 Å². The van der Waals surface area contributed by atoms with Gasteiger partial charge in [0.15, 0.2) is 0 Å². The summed E-state index contributed by atoms with van der Waals surface area (Å²) in [5.74, 6) is -18.9. The van der Waals surface area contributed by atoms with Crippen molar-refractivity contribution in [3.05, 3.63) is 42.0 Å². The molecule has 0 aliphatic heterocycles. The molecule has 0 saturated carbocycles. The van der Waals surface area contributed by atoms with Crippen molar-refractivity contribution in [3.63, 3.8) is 0 Å². The van der Waals surface area contributed by atoms with Gasteiger partial charge in [0.05, 0.1) is 0 Å². The summed E-state index contributed by atoms with van der Waals surface area (Å²) in [4.78, 5) is 0. The first-order valence-electron chi connectivity index (χ1n) is 6.18. The lowest BCUT2D eigenvalue weighted by atomic mass is 9.97. The first-order valence-corrected chi connectivity index (χ1v) is 6.18. The van der Waals surface area contributed by atoms with Gasteiger partial charge in [-0.15, -0.1) is 0 Å². The molecule has 0 heterocycles. The highest BCUT2D eigenvalue weighted by atomic mass is 19.4. The third-order valence-corrected chi connectivity index (χ3v) is 3.15. The van der Waals surface area contributed by atoms with Gasteiger partial charge in [-0.05, 0) is 17.5 Å². The molecule has 0 aliphatic rings. The average Bonchev–Trinajstić information content (AvgIpc) is 2.44. The predicted molar refractivity (Wildman–Crippen MR) is 65.8 cm³/mol. The number of benzene rings is 1. The van der Waals surface area contributed by atoms with Gasteiger partial charge in [0.1, 0.15) is 0 Å². The Labute approximate surface area is 125 Å². The summed E-state index contributed by atoms with van der Waals surface area (Å²) in [6, 6.07) is 5.33. The van der Waals surface area contributed by atoms with Crippen molar-refractivity contribution in [3.8, 4) is 0 Å². The summed E-state index contributed by atoms with van der Waals surface area (Å²) in [5, 5.41) is 0. The van der Waals surface area contributed by atoms with E-state index < -0.39 is 36.8 Å². The quantitative estimate of drug-likeness (QED) is 0.575. The first kappa shape index (κ1) is 19.4. The maximum Gasteiger partial charge on any atom is 0.460 e. The number of alkyl halides is 9. The van der Waals surface area contributed by atoms with Gasteiger partial charge >= 0.3 is 23.9 Å².